The molecule has 1 saturated carbocycles. The van der Waals surface area contributed by atoms with Gasteiger partial charge in [0.05, 0.1) is 36.3 Å². The van der Waals surface area contributed by atoms with E-state index in [0.717, 1.165) is 51.3 Å². The Labute approximate surface area is 231 Å². The van der Waals surface area contributed by atoms with E-state index < -0.39 is 0 Å². The van der Waals surface area contributed by atoms with E-state index in [-0.39, 0.29) is 17.9 Å². The number of anilines is 4. The van der Waals surface area contributed by atoms with Gasteiger partial charge >= 0.3 is 0 Å². The molecule has 40 heavy (non-hydrogen) atoms. The number of piperazine rings is 1. The van der Waals surface area contributed by atoms with E-state index in [1.54, 1.807) is 20.1 Å². The smallest absolute Gasteiger partial charge is 0.232 e. The van der Waals surface area contributed by atoms with E-state index in [0.29, 0.717) is 46.2 Å². The number of carbonyl (C=O) groups is 1. The van der Waals surface area contributed by atoms with Crippen molar-refractivity contribution < 1.29 is 9.53 Å². The highest BCUT2D eigenvalue weighted by Crippen LogP contribution is 2.40. The van der Waals surface area contributed by atoms with Crippen LogP contribution in [0.25, 0.3) is 5.65 Å². The Bertz CT molecular complexity index is 1540. The normalized spacial score (nSPS) is 19.6. The van der Waals surface area contributed by atoms with Crippen LogP contribution in [-0.2, 0) is 4.79 Å². The number of hydrogen-bond acceptors (Lipinski definition) is 11. The zero-order valence-corrected chi connectivity index (χ0v) is 22.8. The highest BCUT2D eigenvalue weighted by molar-refractivity contribution is 5.78. The predicted octanol–water partition coefficient (Wildman–Crippen LogP) is 1.94. The van der Waals surface area contributed by atoms with Crippen molar-refractivity contribution >= 4 is 34.8 Å². The predicted molar refractivity (Wildman–Crippen MR) is 148 cm³/mol. The largest absolute Gasteiger partial charge is 0.492 e. The van der Waals surface area contributed by atoms with Crippen LogP contribution in [-0.4, -0.2) is 93.2 Å². The summed E-state index contributed by atoms with van der Waals surface area (Å²) >= 11 is 0. The molecule has 4 heterocycles. The summed E-state index contributed by atoms with van der Waals surface area (Å²) in [6, 6.07) is 8.83. The van der Waals surface area contributed by atoms with Gasteiger partial charge < -0.3 is 25.2 Å². The molecule has 2 saturated heterocycles. The van der Waals surface area contributed by atoms with E-state index in [1.807, 2.05) is 11.0 Å². The fourth-order valence-corrected chi connectivity index (χ4v) is 5.45. The number of likely N-dealkylation sites (tertiary alicyclic amines) is 1. The van der Waals surface area contributed by atoms with Crippen LogP contribution in [0.2, 0.25) is 0 Å². The summed E-state index contributed by atoms with van der Waals surface area (Å²) < 4.78 is 7.44. The molecule has 0 bridgehead atoms. The molecule has 2 aromatic heterocycles. The summed E-state index contributed by atoms with van der Waals surface area (Å²) in [5, 5.41) is 30.3. The molecular formula is C27H31N11O2. The minimum absolute atomic E-state index is 0.122. The first kappa shape index (κ1) is 25.6. The fourth-order valence-electron chi connectivity index (χ4n) is 5.45. The highest BCUT2D eigenvalue weighted by Gasteiger charge is 2.37. The second kappa shape index (κ2) is 10.2. The third-order valence-corrected chi connectivity index (χ3v) is 7.84. The minimum Gasteiger partial charge on any atom is -0.492 e. The average molecular weight is 542 g/mol. The quantitative estimate of drug-likeness (QED) is 0.451. The molecule has 0 unspecified atom stereocenters. The van der Waals surface area contributed by atoms with E-state index in [9.17, 15) is 15.3 Å². The average Bonchev–Trinajstić information content (AvgIpc) is 3.63. The molecule has 1 amide bonds. The summed E-state index contributed by atoms with van der Waals surface area (Å²) in [4.78, 5) is 27.4. The van der Waals surface area contributed by atoms with E-state index in [4.69, 9.17) is 4.74 Å². The number of fused-ring (bicyclic) bond motifs is 1. The maximum atomic E-state index is 11.6. The molecule has 13 nitrogen and oxygen atoms in total. The Morgan fingerprint density at radius 3 is 2.58 bits per heavy atom. The molecule has 3 aliphatic rings. The number of ether oxygens (including phenoxy) is 1. The zero-order valence-electron chi connectivity index (χ0n) is 22.8. The summed E-state index contributed by atoms with van der Waals surface area (Å²) in [5.74, 6) is 1.47. The van der Waals surface area contributed by atoms with Crippen molar-refractivity contribution in [3.63, 3.8) is 0 Å². The summed E-state index contributed by atoms with van der Waals surface area (Å²) in [6.07, 6.45) is 3.57. The molecule has 0 radical (unpaired) electrons. The van der Waals surface area contributed by atoms with Gasteiger partial charge in [0, 0.05) is 57.8 Å². The Hall–Kier alpha value is -4.62. The molecule has 1 aromatic carbocycles. The van der Waals surface area contributed by atoms with Crippen LogP contribution in [0.5, 0.6) is 5.75 Å². The number of hydrogen-bond donors (Lipinski definition) is 2. The van der Waals surface area contributed by atoms with Crippen LogP contribution < -0.4 is 20.3 Å². The lowest BCUT2D eigenvalue weighted by Crippen LogP contribution is -2.65. The second-order valence-corrected chi connectivity index (χ2v) is 10.6. The standard InChI is InChI=1S/C27H31N11O2/c1-16-13-35(21-14-36(15-21)17(2)39)6-7-37(16)23-9-18(10-28)8-22(24(23)40-3)32-26-33-25-19(11-29)12-30-38(25)27(34-26)31-20-4-5-20/h8-9,12,16,20-21H,4-7,13-15H2,1-3H3,(H2,31,32,33,34)/t16-/m0/s1. The zero-order chi connectivity index (χ0) is 28.0. The highest BCUT2D eigenvalue weighted by atomic mass is 16.5. The number of nitrogens with one attached hydrogen (secondary N) is 2. The molecule has 1 atom stereocenters. The lowest BCUT2D eigenvalue weighted by molar-refractivity contribution is -0.136. The van der Waals surface area contributed by atoms with Crippen LogP contribution in [0.3, 0.4) is 0 Å². The van der Waals surface area contributed by atoms with E-state index in [2.05, 4.69) is 54.6 Å². The molecule has 3 aromatic rings. The molecule has 3 fully saturated rings. The molecule has 2 N–H and O–H groups in total. The number of nitrogens with zero attached hydrogens (tertiary/aromatic N) is 9. The van der Waals surface area contributed by atoms with Crippen molar-refractivity contribution in [3.8, 4) is 17.9 Å². The van der Waals surface area contributed by atoms with Gasteiger partial charge in [-0.05, 0) is 31.9 Å². The number of rotatable bonds is 7. The summed E-state index contributed by atoms with van der Waals surface area (Å²) in [7, 11) is 1.61. The first-order valence-corrected chi connectivity index (χ1v) is 13.5. The van der Waals surface area contributed by atoms with Crippen molar-refractivity contribution in [3.05, 3.63) is 29.5 Å². The Balaban J connectivity index is 1.29. The topological polar surface area (TPSA) is 151 Å². The monoisotopic (exact) mass is 541 g/mol. The van der Waals surface area contributed by atoms with Gasteiger partial charge in [0.2, 0.25) is 17.8 Å². The van der Waals surface area contributed by atoms with Gasteiger partial charge in [-0.1, -0.05) is 0 Å². The molecule has 1 aliphatic carbocycles. The van der Waals surface area contributed by atoms with Crippen LogP contribution in [0, 0.1) is 22.7 Å². The van der Waals surface area contributed by atoms with Gasteiger partial charge in [-0.25, -0.2) is 0 Å². The Morgan fingerprint density at radius 1 is 1.12 bits per heavy atom. The number of amides is 1. The van der Waals surface area contributed by atoms with Crippen molar-refractivity contribution in [1.29, 1.82) is 10.5 Å². The van der Waals surface area contributed by atoms with Crippen LogP contribution >= 0.6 is 0 Å². The molecule has 6 rings (SSSR count). The molecule has 2 aliphatic heterocycles. The molecule has 206 valence electrons. The van der Waals surface area contributed by atoms with Gasteiger partial charge in [0.15, 0.2) is 11.4 Å². The van der Waals surface area contributed by atoms with Gasteiger partial charge in [0.25, 0.3) is 0 Å². The van der Waals surface area contributed by atoms with Crippen molar-refractivity contribution in [2.75, 3.05) is 55.4 Å². The first-order valence-electron chi connectivity index (χ1n) is 13.5. The van der Waals surface area contributed by atoms with Crippen LogP contribution in [0.1, 0.15) is 37.8 Å². The van der Waals surface area contributed by atoms with Gasteiger partial charge in [-0.3, -0.25) is 9.69 Å². The lowest BCUT2D eigenvalue weighted by Gasteiger charge is -2.50. The fraction of sp³-hybridized carbons (Fsp3) is 0.481. The molecule has 0 spiro atoms. The summed E-state index contributed by atoms with van der Waals surface area (Å²) in [6.45, 7) is 7.76. The van der Waals surface area contributed by atoms with Crippen LogP contribution in [0.4, 0.5) is 23.3 Å². The van der Waals surface area contributed by atoms with Crippen molar-refractivity contribution in [2.45, 2.75) is 44.8 Å². The van der Waals surface area contributed by atoms with Crippen molar-refractivity contribution in [1.82, 2.24) is 29.4 Å². The number of aromatic nitrogens is 4. The summed E-state index contributed by atoms with van der Waals surface area (Å²) in [5.41, 5.74) is 2.58. The Morgan fingerprint density at radius 2 is 1.93 bits per heavy atom. The third-order valence-electron chi connectivity index (χ3n) is 7.84. The molecule has 13 heteroatoms. The SMILES string of the molecule is COc1c(Nc2nc(NC3CC3)n3ncc(C#N)c3n2)cc(C#N)cc1N1CCN(C2CN(C(C)=O)C2)C[C@@H]1C. The minimum atomic E-state index is 0.122. The van der Waals surface area contributed by atoms with Gasteiger partial charge in [0.1, 0.15) is 11.6 Å². The number of benzene rings is 1. The number of carbonyl (C=O) groups excluding carboxylic acids is 1. The van der Waals surface area contributed by atoms with Crippen LogP contribution in [0.15, 0.2) is 18.3 Å². The van der Waals surface area contributed by atoms with Crippen molar-refractivity contribution in [2.24, 2.45) is 0 Å². The first-order chi connectivity index (χ1) is 19.4. The lowest BCUT2D eigenvalue weighted by atomic mass is 10.0. The molecular weight excluding hydrogens is 510 g/mol. The maximum absolute atomic E-state index is 11.6. The number of methoxy groups -OCH3 is 1. The number of nitriles is 2. The third kappa shape index (κ3) is 4.69. The van der Waals surface area contributed by atoms with E-state index in [1.165, 1.54) is 10.7 Å². The van der Waals surface area contributed by atoms with E-state index >= 15 is 0 Å². The van der Waals surface area contributed by atoms with Gasteiger partial charge in [-0.2, -0.15) is 30.1 Å². The van der Waals surface area contributed by atoms with Gasteiger partial charge in [-0.15, -0.1) is 0 Å². The second-order valence-electron chi connectivity index (χ2n) is 10.6. The Kier molecular flexibility index (Phi) is 6.52. The maximum Gasteiger partial charge on any atom is 0.232 e.